The summed E-state index contributed by atoms with van der Waals surface area (Å²) in [7, 11) is 0. The van der Waals surface area contributed by atoms with Gasteiger partial charge in [-0.2, -0.15) is 0 Å². The summed E-state index contributed by atoms with van der Waals surface area (Å²) < 4.78 is 5.35. The van der Waals surface area contributed by atoms with Crippen molar-refractivity contribution in [3.05, 3.63) is 29.3 Å². The molecule has 0 bridgehead atoms. The Kier molecular flexibility index (Phi) is 2.68. The number of hydrogen-bond acceptors (Lipinski definition) is 3. The molecule has 1 aromatic rings. The van der Waals surface area contributed by atoms with Gasteiger partial charge in [0.05, 0.1) is 6.04 Å². The summed E-state index contributed by atoms with van der Waals surface area (Å²) in [6, 6.07) is 7.46. The van der Waals surface area contributed by atoms with Crippen molar-refractivity contribution in [3.8, 4) is 0 Å². The van der Waals surface area contributed by atoms with Crippen LogP contribution in [0, 0.1) is 0 Å². The smallest absolute Gasteiger partial charge is 0.415 e. The van der Waals surface area contributed by atoms with E-state index in [9.17, 15) is 4.79 Å². The molecule has 2 fully saturated rings. The lowest BCUT2D eigenvalue weighted by Crippen LogP contribution is -2.47. The van der Waals surface area contributed by atoms with Crippen molar-refractivity contribution in [2.75, 3.05) is 18.0 Å². The molecule has 5 heteroatoms. The summed E-state index contributed by atoms with van der Waals surface area (Å²) in [4.78, 5) is 13.6. The highest BCUT2D eigenvalue weighted by molar-refractivity contribution is 6.30. The van der Waals surface area contributed by atoms with E-state index in [1.165, 1.54) is 0 Å². The molecule has 1 N–H and O–H groups in total. The van der Waals surface area contributed by atoms with Gasteiger partial charge in [0.15, 0.2) is 0 Å². The maximum atomic E-state index is 11.9. The molecule has 0 aliphatic carbocycles. The number of rotatable bonds is 1. The van der Waals surface area contributed by atoms with Crippen molar-refractivity contribution in [1.29, 1.82) is 0 Å². The quantitative estimate of drug-likeness (QED) is 0.832. The van der Waals surface area contributed by atoms with Crippen LogP contribution in [-0.2, 0) is 4.74 Å². The fraction of sp³-hybridized carbons (Fsp3) is 0.417. The number of hydrogen-bond donors (Lipinski definition) is 1. The zero-order chi connectivity index (χ0) is 11.8. The lowest BCUT2D eigenvalue weighted by Gasteiger charge is -2.28. The van der Waals surface area contributed by atoms with E-state index in [1.54, 1.807) is 17.0 Å². The van der Waals surface area contributed by atoms with Crippen LogP contribution in [0.15, 0.2) is 24.3 Å². The second kappa shape index (κ2) is 4.20. The number of ether oxygens (including phenoxy) is 1. The predicted octanol–water partition coefficient (Wildman–Crippen LogP) is 2.03. The highest BCUT2D eigenvalue weighted by Gasteiger charge is 2.43. The predicted molar refractivity (Wildman–Crippen MR) is 65.5 cm³/mol. The third kappa shape index (κ3) is 1.87. The SMILES string of the molecule is O=C1OC2CNCCC2N1c1cccc(Cl)c1. The summed E-state index contributed by atoms with van der Waals surface area (Å²) >= 11 is 5.96. The maximum Gasteiger partial charge on any atom is 0.415 e. The number of fused-ring (bicyclic) bond motifs is 1. The minimum Gasteiger partial charge on any atom is -0.442 e. The van der Waals surface area contributed by atoms with E-state index >= 15 is 0 Å². The molecule has 0 aromatic heterocycles. The second-order valence-electron chi connectivity index (χ2n) is 4.33. The van der Waals surface area contributed by atoms with E-state index in [2.05, 4.69) is 5.32 Å². The Hall–Kier alpha value is -1.26. The van der Waals surface area contributed by atoms with Gasteiger partial charge in [-0.05, 0) is 31.2 Å². The molecule has 2 heterocycles. The van der Waals surface area contributed by atoms with Gasteiger partial charge in [0, 0.05) is 17.3 Å². The van der Waals surface area contributed by atoms with Gasteiger partial charge >= 0.3 is 6.09 Å². The molecule has 17 heavy (non-hydrogen) atoms. The minimum atomic E-state index is -0.272. The molecule has 2 atom stereocenters. The van der Waals surface area contributed by atoms with E-state index in [-0.39, 0.29) is 18.2 Å². The first-order valence-corrected chi connectivity index (χ1v) is 6.09. The average Bonchev–Trinajstić information content (AvgIpc) is 2.64. The topological polar surface area (TPSA) is 41.6 Å². The zero-order valence-corrected chi connectivity index (χ0v) is 9.98. The summed E-state index contributed by atoms with van der Waals surface area (Å²) in [6.45, 7) is 1.64. The van der Waals surface area contributed by atoms with Gasteiger partial charge in [-0.1, -0.05) is 17.7 Å². The van der Waals surface area contributed by atoms with Gasteiger partial charge < -0.3 is 10.1 Å². The maximum absolute atomic E-state index is 11.9. The first-order valence-electron chi connectivity index (χ1n) is 5.72. The van der Waals surface area contributed by atoms with Crippen LogP contribution in [0.25, 0.3) is 0 Å². The Morgan fingerprint density at radius 3 is 3.18 bits per heavy atom. The number of amides is 1. The summed E-state index contributed by atoms with van der Waals surface area (Å²) in [5.41, 5.74) is 0.817. The zero-order valence-electron chi connectivity index (χ0n) is 9.23. The summed E-state index contributed by atoms with van der Waals surface area (Å²) in [5.74, 6) is 0. The Morgan fingerprint density at radius 1 is 1.47 bits per heavy atom. The average molecular weight is 253 g/mol. The van der Waals surface area contributed by atoms with Crippen LogP contribution in [0.4, 0.5) is 10.5 Å². The molecule has 90 valence electrons. The molecule has 0 radical (unpaired) electrons. The van der Waals surface area contributed by atoms with Crippen LogP contribution in [0.5, 0.6) is 0 Å². The largest absolute Gasteiger partial charge is 0.442 e. The lowest BCUT2D eigenvalue weighted by molar-refractivity contribution is 0.121. The first kappa shape index (κ1) is 10.9. The lowest BCUT2D eigenvalue weighted by atomic mass is 10.0. The number of nitrogens with one attached hydrogen (secondary N) is 1. The van der Waals surface area contributed by atoms with E-state index in [4.69, 9.17) is 16.3 Å². The molecule has 2 saturated heterocycles. The van der Waals surface area contributed by atoms with E-state index in [1.807, 2.05) is 12.1 Å². The number of piperidine rings is 1. The highest BCUT2D eigenvalue weighted by atomic mass is 35.5. The van der Waals surface area contributed by atoms with E-state index < -0.39 is 0 Å². The molecule has 1 amide bonds. The monoisotopic (exact) mass is 252 g/mol. The molecular weight excluding hydrogens is 240 g/mol. The van der Waals surface area contributed by atoms with Crippen molar-refractivity contribution in [1.82, 2.24) is 5.32 Å². The third-order valence-electron chi connectivity index (χ3n) is 3.26. The van der Waals surface area contributed by atoms with E-state index in [0.717, 1.165) is 25.2 Å². The Labute approximate surface area is 104 Å². The van der Waals surface area contributed by atoms with Crippen molar-refractivity contribution in [2.45, 2.75) is 18.6 Å². The second-order valence-corrected chi connectivity index (χ2v) is 4.77. The van der Waals surface area contributed by atoms with Gasteiger partial charge in [0.1, 0.15) is 6.10 Å². The highest BCUT2D eigenvalue weighted by Crippen LogP contribution is 2.31. The fourth-order valence-electron chi connectivity index (χ4n) is 2.48. The Morgan fingerprint density at radius 2 is 2.35 bits per heavy atom. The van der Waals surface area contributed by atoms with Gasteiger partial charge in [-0.3, -0.25) is 4.90 Å². The van der Waals surface area contributed by atoms with Crippen LogP contribution >= 0.6 is 11.6 Å². The molecule has 2 aliphatic rings. The standard InChI is InChI=1S/C12H13ClN2O2/c13-8-2-1-3-9(6-8)15-10-4-5-14-7-11(10)17-12(15)16/h1-3,6,10-11,14H,4-5,7H2. The molecule has 1 aromatic carbocycles. The third-order valence-corrected chi connectivity index (χ3v) is 3.49. The first-order chi connectivity index (χ1) is 8.25. The van der Waals surface area contributed by atoms with Crippen molar-refractivity contribution < 1.29 is 9.53 Å². The van der Waals surface area contributed by atoms with Crippen molar-refractivity contribution in [3.63, 3.8) is 0 Å². The number of nitrogens with zero attached hydrogens (tertiary/aromatic N) is 1. The van der Waals surface area contributed by atoms with Gasteiger partial charge in [-0.15, -0.1) is 0 Å². The fourth-order valence-corrected chi connectivity index (χ4v) is 2.66. The minimum absolute atomic E-state index is 0.0461. The van der Waals surface area contributed by atoms with Crippen molar-refractivity contribution in [2.24, 2.45) is 0 Å². The van der Waals surface area contributed by atoms with Crippen LogP contribution < -0.4 is 10.2 Å². The van der Waals surface area contributed by atoms with Crippen LogP contribution in [0.2, 0.25) is 5.02 Å². The molecule has 0 saturated carbocycles. The van der Waals surface area contributed by atoms with Gasteiger partial charge in [-0.25, -0.2) is 4.79 Å². The van der Waals surface area contributed by atoms with Gasteiger partial charge in [0.2, 0.25) is 0 Å². The van der Waals surface area contributed by atoms with Gasteiger partial charge in [0.25, 0.3) is 0 Å². The van der Waals surface area contributed by atoms with Crippen LogP contribution in [0.3, 0.4) is 0 Å². The molecule has 3 rings (SSSR count). The normalized spacial score (nSPS) is 27.8. The number of benzene rings is 1. The Bertz CT molecular complexity index is 452. The number of carbonyl (C=O) groups is 1. The molecular formula is C12H13ClN2O2. The molecule has 2 aliphatic heterocycles. The molecule has 4 nitrogen and oxygen atoms in total. The van der Waals surface area contributed by atoms with Crippen molar-refractivity contribution >= 4 is 23.4 Å². The number of carbonyl (C=O) groups excluding carboxylic acids is 1. The molecule has 2 unspecified atom stereocenters. The van der Waals surface area contributed by atoms with Crippen LogP contribution in [0.1, 0.15) is 6.42 Å². The number of anilines is 1. The summed E-state index contributed by atoms with van der Waals surface area (Å²) in [5, 5.41) is 3.86. The van der Waals surface area contributed by atoms with E-state index in [0.29, 0.717) is 5.02 Å². The Balaban J connectivity index is 1.93. The summed E-state index contributed by atoms with van der Waals surface area (Å²) in [6.07, 6.45) is 0.587. The molecule has 0 spiro atoms. The van der Waals surface area contributed by atoms with Crippen LogP contribution in [-0.4, -0.2) is 31.3 Å². The number of halogens is 1.